The summed E-state index contributed by atoms with van der Waals surface area (Å²) in [7, 11) is 2.44. The number of hydrogen-bond acceptors (Lipinski definition) is 3. The SMILES string of the molecule is CC.CO.COC(=O)N1CCCC(C)CC1. The molecule has 0 saturated carbocycles. The topological polar surface area (TPSA) is 49.8 Å². The van der Waals surface area contributed by atoms with Crippen molar-refractivity contribution in [1.29, 1.82) is 0 Å². The number of likely N-dealkylation sites (tertiary alicyclic amines) is 1. The molecule has 1 amide bonds. The van der Waals surface area contributed by atoms with Crippen LogP contribution in [0.25, 0.3) is 0 Å². The Labute approximate surface area is 99.6 Å². The summed E-state index contributed by atoms with van der Waals surface area (Å²) in [5.41, 5.74) is 0. The first kappa shape index (κ1) is 17.6. The average molecular weight is 233 g/mol. The van der Waals surface area contributed by atoms with E-state index in [4.69, 9.17) is 5.11 Å². The molecule has 4 heteroatoms. The van der Waals surface area contributed by atoms with Gasteiger partial charge in [0.2, 0.25) is 0 Å². The number of rotatable bonds is 0. The lowest BCUT2D eigenvalue weighted by atomic mass is 10.0. The van der Waals surface area contributed by atoms with E-state index in [0.717, 1.165) is 39.0 Å². The lowest BCUT2D eigenvalue weighted by Crippen LogP contribution is -2.31. The Balaban J connectivity index is 0. The molecular weight excluding hydrogens is 206 g/mol. The number of hydrogen-bond donors (Lipinski definition) is 1. The summed E-state index contributed by atoms with van der Waals surface area (Å²) in [6, 6.07) is 0. The molecule has 1 aliphatic rings. The van der Waals surface area contributed by atoms with Crippen molar-refractivity contribution < 1.29 is 14.6 Å². The zero-order valence-electron chi connectivity index (χ0n) is 11.3. The Bertz CT molecular complexity index is 162. The summed E-state index contributed by atoms with van der Waals surface area (Å²) in [5, 5.41) is 7.00. The number of nitrogens with zero attached hydrogens (tertiary/aromatic N) is 1. The monoisotopic (exact) mass is 233 g/mol. The van der Waals surface area contributed by atoms with Crippen molar-refractivity contribution in [3.05, 3.63) is 0 Å². The summed E-state index contributed by atoms with van der Waals surface area (Å²) in [5.74, 6) is 0.750. The molecule has 0 radical (unpaired) electrons. The van der Waals surface area contributed by atoms with Crippen molar-refractivity contribution in [3.63, 3.8) is 0 Å². The highest BCUT2D eigenvalue weighted by Crippen LogP contribution is 2.16. The third kappa shape index (κ3) is 7.51. The second-order valence-corrected chi connectivity index (χ2v) is 3.49. The van der Waals surface area contributed by atoms with Gasteiger partial charge in [-0.3, -0.25) is 0 Å². The normalized spacial score (nSPS) is 19.4. The number of carbonyl (C=O) groups excluding carboxylic acids is 1. The van der Waals surface area contributed by atoms with E-state index in [1.54, 1.807) is 4.90 Å². The molecule has 1 unspecified atom stereocenters. The van der Waals surface area contributed by atoms with E-state index in [-0.39, 0.29) is 6.09 Å². The third-order valence-electron chi connectivity index (χ3n) is 2.45. The van der Waals surface area contributed by atoms with Crippen LogP contribution in [0.2, 0.25) is 0 Å². The maximum Gasteiger partial charge on any atom is 0.409 e. The van der Waals surface area contributed by atoms with Crippen LogP contribution in [0.5, 0.6) is 0 Å². The highest BCUT2D eigenvalue weighted by molar-refractivity contribution is 5.67. The van der Waals surface area contributed by atoms with Crippen molar-refractivity contribution in [2.75, 3.05) is 27.3 Å². The zero-order valence-corrected chi connectivity index (χ0v) is 11.3. The quantitative estimate of drug-likeness (QED) is 0.699. The van der Waals surface area contributed by atoms with Crippen LogP contribution in [0.3, 0.4) is 0 Å². The van der Waals surface area contributed by atoms with Gasteiger partial charge in [0, 0.05) is 20.2 Å². The van der Waals surface area contributed by atoms with Gasteiger partial charge in [0.25, 0.3) is 0 Å². The minimum atomic E-state index is -0.177. The van der Waals surface area contributed by atoms with Crippen molar-refractivity contribution in [2.24, 2.45) is 5.92 Å². The van der Waals surface area contributed by atoms with Gasteiger partial charge in [-0.05, 0) is 25.2 Å². The summed E-state index contributed by atoms with van der Waals surface area (Å²) in [4.78, 5) is 12.9. The summed E-state index contributed by atoms with van der Waals surface area (Å²) in [6.07, 6.45) is 3.27. The van der Waals surface area contributed by atoms with Gasteiger partial charge in [-0.1, -0.05) is 20.8 Å². The lowest BCUT2D eigenvalue weighted by molar-refractivity contribution is 0.125. The predicted molar refractivity (Wildman–Crippen MR) is 66.5 cm³/mol. The Morgan fingerprint density at radius 3 is 2.31 bits per heavy atom. The molecule has 1 atom stereocenters. The molecule has 1 aliphatic heterocycles. The first-order chi connectivity index (χ1) is 7.74. The Kier molecular flexibility index (Phi) is 13.5. The molecule has 1 N–H and O–H groups in total. The van der Waals surface area contributed by atoms with Gasteiger partial charge in [-0.15, -0.1) is 0 Å². The molecular formula is C12H27NO3. The van der Waals surface area contributed by atoms with Gasteiger partial charge in [-0.25, -0.2) is 4.79 Å². The van der Waals surface area contributed by atoms with Crippen LogP contribution in [-0.4, -0.2) is 43.4 Å². The molecule has 98 valence electrons. The van der Waals surface area contributed by atoms with Crippen LogP contribution < -0.4 is 0 Å². The van der Waals surface area contributed by atoms with Crippen molar-refractivity contribution in [3.8, 4) is 0 Å². The molecule has 1 saturated heterocycles. The number of methoxy groups -OCH3 is 1. The third-order valence-corrected chi connectivity index (χ3v) is 2.45. The van der Waals surface area contributed by atoms with Crippen LogP contribution in [-0.2, 0) is 4.74 Å². The Morgan fingerprint density at radius 1 is 1.25 bits per heavy atom. The van der Waals surface area contributed by atoms with E-state index in [0.29, 0.717) is 0 Å². The average Bonchev–Trinajstić information content (AvgIpc) is 2.58. The molecule has 0 spiro atoms. The second-order valence-electron chi connectivity index (χ2n) is 3.49. The van der Waals surface area contributed by atoms with Crippen LogP contribution in [0.15, 0.2) is 0 Å². The molecule has 0 aliphatic carbocycles. The number of carbonyl (C=O) groups is 1. The molecule has 4 nitrogen and oxygen atoms in total. The van der Waals surface area contributed by atoms with E-state index in [2.05, 4.69) is 11.7 Å². The fourth-order valence-corrected chi connectivity index (χ4v) is 1.57. The van der Waals surface area contributed by atoms with Gasteiger partial charge in [0.15, 0.2) is 0 Å². The molecule has 16 heavy (non-hydrogen) atoms. The first-order valence-corrected chi connectivity index (χ1v) is 6.01. The summed E-state index contributed by atoms with van der Waals surface area (Å²) >= 11 is 0. The van der Waals surface area contributed by atoms with Crippen molar-refractivity contribution >= 4 is 6.09 Å². The highest BCUT2D eigenvalue weighted by Gasteiger charge is 2.18. The Morgan fingerprint density at radius 2 is 1.81 bits per heavy atom. The van der Waals surface area contributed by atoms with Crippen molar-refractivity contribution in [2.45, 2.75) is 40.0 Å². The maximum atomic E-state index is 11.1. The zero-order chi connectivity index (χ0) is 13.0. The number of amides is 1. The smallest absolute Gasteiger partial charge is 0.409 e. The minimum Gasteiger partial charge on any atom is -0.453 e. The molecule has 0 aromatic carbocycles. The molecule has 1 rings (SSSR count). The fourth-order valence-electron chi connectivity index (χ4n) is 1.57. The largest absolute Gasteiger partial charge is 0.453 e. The molecule has 1 fully saturated rings. The lowest BCUT2D eigenvalue weighted by Gasteiger charge is -2.18. The van der Waals surface area contributed by atoms with E-state index in [1.807, 2.05) is 13.8 Å². The Hall–Kier alpha value is -0.770. The van der Waals surface area contributed by atoms with Crippen LogP contribution >= 0.6 is 0 Å². The fraction of sp³-hybridized carbons (Fsp3) is 0.917. The highest BCUT2D eigenvalue weighted by atomic mass is 16.5. The van der Waals surface area contributed by atoms with E-state index < -0.39 is 0 Å². The second kappa shape index (κ2) is 12.3. The van der Waals surface area contributed by atoms with Crippen LogP contribution in [0, 0.1) is 5.92 Å². The van der Waals surface area contributed by atoms with E-state index >= 15 is 0 Å². The van der Waals surface area contributed by atoms with Gasteiger partial charge < -0.3 is 14.7 Å². The minimum absolute atomic E-state index is 0.177. The predicted octanol–water partition coefficient (Wildman–Crippen LogP) is 2.51. The standard InChI is InChI=1S/C9H17NO2.C2H6.CH4O/c1-8-4-3-6-10(7-5-8)9(11)12-2;2*1-2/h8H,3-7H2,1-2H3;1-2H3;2H,1H3. The van der Waals surface area contributed by atoms with Gasteiger partial charge in [-0.2, -0.15) is 0 Å². The van der Waals surface area contributed by atoms with Crippen LogP contribution in [0.1, 0.15) is 40.0 Å². The van der Waals surface area contributed by atoms with Crippen LogP contribution in [0.4, 0.5) is 4.79 Å². The van der Waals surface area contributed by atoms with E-state index in [1.165, 1.54) is 13.5 Å². The molecule has 0 aromatic rings. The van der Waals surface area contributed by atoms with Gasteiger partial charge in [0.1, 0.15) is 0 Å². The molecule has 1 heterocycles. The number of aliphatic hydroxyl groups is 1. The molecule has 0 bridgehead atoms. The first-order valence-electron chi connectivity index (χ1n) is 6.01. The van der Waals surface area contributed by atoms with Gasteiger partial charge >= 0.3 is 6.09 Å². The summed E-state index contributed by atoms with van der Waals surface area (Å²) < 4.78 is 4.67. The summed E-state index contributed by atoms with van der Waals surface area (Å²) in [6.45, 7) is 7.95. The molecule has 0 aromatic heterocycles. The number of aliphatic hydroxyl groups excluding tert-OH is 1. The maximum absolute atomic E-state index is 11.1. The van der Waals surface area contributed by atoms with E-state index in [9.17, 15) is 4.79 Å². The number of ether oxygens (including phenoxy) is 1. The van der Waals surface area contributed by atoms with Gasteiger partial charge in [0.05, 0.1) is 7.11 Å². The van der Waals surface area contributed by atoms with Crippen molar-refractivity contribution in [1.82, 2.24) is 4.90 Å².